The number of nitrogens with zero attached hydrogens (tertiary/aromatic N) is 2. The third kappa shape index (κ3) is 3.49. The molecule has 1 unspecified atom stereocenters. The minimum Gasteiger partial charge on any atom is -0.356 e. The number of halogens is 1. The van der Waals surface area contributed by atoms with E-state index in [9.17, 15) is 0 Å². The maximum absolute atomic E-state index is 6.09. The number of aromatic nitrogens is 2. The van der Waals surface area contributed by atoms with Crippen molar-refractivity contribution in [3.63, 3.8) is 0 Å². The molecule has 0 aliphatic rings. The van der Waals surface area contributed by atoms with Crippen LogP contribution < -0.4 is 10.6 Å². The first kappa shape index (κ1) is 14.8. The van der Waals surface area contributed by atoms with Gasteiger partial charge in [-0.3, -0.25) is 4.68 Å². The zero-order valence-electron chi connectivity index (χ0n) is 11.6. The fraction of sp³-hybridized carbons (Fsp3) is 0.286. The Morgan fingerprint density at radius 3 is 2.70 bits per heavy atom. The van der Waals surface area contributed by atoms with Crippen LogP contribution in [0.3, 0.4) is 0 Å². The van der Waals surface area contributed by atoms with Gasteiger partial charge >= 0.3 is 0 Å². The number of para-hydroxylation sites is 1. The van der Waals surface area contributed by atoms with Crippen LogP contribution in [0.1, 0.15) is 24.2 Å². The van der Waals surface area contributed by atoms with Crippen molar-refractivity contribution >= 4 is 34.6 Å². The zero-order valence-corrected chi connectivity index (χ0v) is 13.2. The summed E-state index contributed by atoms with van der Waals surface area (Å²) in [7, 11) is 1.91. The van der Waals surface area contributed by atoms with Crippen LogP contribution in [-0.4, -0.2) is 14.9 Å². The predicted molar refractivity (Wildman–Crippen MR) is 87.2 cm³/mol. The molecule has 1 heterocycles. The number of anilines is 1. The fourth-order valence-corrected chi connectivity index (χ4v) is 2.51. The number of nitrogens with one attached hydrogen (secondary N) is 2. The third-order valence-corrected chi connectivity index (χ3v) is 3.54. The molecule has 2 rings (SSSR count). The predicted octanol–water partition coefficient (Wildman–Crippen LogP) is 3.43. The van der Waals surface area contributed by atoms with E-state index in [0.29, 0.717) is 10.1 Å². The van der Waals surface area contributed by atoms with Crippen molar-refractivity contribution < 1.29 is 0 Å². The van der Waals surface area contributed by atoms with Gasteiger partial charge in [-0.15, -0.1) is 0 Å². The summed E-state index contributed by atoms with van der Waals surface area (Å²) < 4.78 is 1.80. The molecule has 20 heavy (non-hydrogen) atoms. The van der Waals surface area contributed by atoms with Crippen LogP contribution in [0, 0.1) is 6.92 Å². The van der Waals surface area contributed by atoms with Gasteiger partial charge in [0.15, 0.2) is 5.11 Å². The molecule has 6 heteroatoms. The van der Waals surface area contributed by atoms with E-state index < -0.39 is 0 Å². The minimum atomic E-state index is 0.0752. The highest BCUT2D eigenvalue weighted by molar-refractivity contribution is 7.80. The number of hydrogen-bond acceptors (Lipinski definition) is 2. The minimum absolute atomic E-state index is 0.0752. The SMILES string of the molecule is Cc1nn(C)cc1C(C)NC(=S)Nc1ccccc1Cl. The normalized spacial score (nSPS) is 12.0. The van der Waals surface area contributed by atoms with Gasteiger partial charge in [0.05, 0.1) is 22.4 Å². The Hall–Kier alpha value is -1.59. The summed E-state index contributed by atoms with van der Waals surface area (Å²) in [6.07, 6.45) is 1.99. The number of rotatable bonds is 3. The summed E-state index contributed by atoms with van der Waals surface area (Å²) in [6.45, 7) is 4.03. The average Bonchev–Trinajstić information content (AvgIpc) is 2.71. The van der Waals surface area contributed by atoms with E-state index in [1.54, 1.807) is 4.68 Å². The quantitative estimate of drug-likeness (QED) is 0.853. The van der Waals surface area contributed by atoms with Crippen molar-refractivity contribution in [2.45, 2.75) is 19.9 Å². The molecule has 0 saturated heterocycles. The fourth-order valence-electron chi connectivity index (χ4n) is 2.04. The van der Waals surface area contributed by atoms with Crippen molar-refractivity contribution in [3.8, 4) is 0 Å². The van der Waals surface area contributed by atoms with Gasteiger partial charge in [-0.25, -0.2) is 0 Å². The van der Waals surface area contributed by atoms with Gasteiger partial charge in [0.25, 0.3) is 0 Å². The topological polar surface area (TPSA) is 41.9 Å². The Bertz CT molecular complexity index is 623. The van der Waals surface area contributed by atoms with Crippen LogP contribution in [0.25, 0.3) is 0 Å². The molecule has 0 fully saturated rings. The first-order chi connectivity index (χ1) is 9.47. The summed E-state index contributed by atoms with van der Waals surface area (Å²) >= 11 is 11.4. The summed E-state index contributed by atoms with van der Waals surface area (Å²) in [5, 5.41) is 11.8. The van der Waals surface area contributed by atoms with Crippen LogP contribution in [0.4, 0.5) is 5.69 Å². The van der Waals surface area contributed by atoms with Crippen LogP contribution in [0.15, 0.2) is 30.5 Å². The Kier molecular flexibility index (Phi) is 4.62. The third-order valence-electron chi connectivity index (χ3n) is 2.99. The highest BCUT2D eigenvalue weighted by Crippen LogP contribution is 2.21. The van der Waals surface area contributed by atoms with Crippen molar-refractivity contribution in [1.29, 1.82) is 0 Å². The van der Waals surface area contributed by atoms with Crippen LogP contribution in [-0.2, 0) is 7.05 Å². The molecule has 0 aliphatic heterocycles. The van der Waals surface area contributed by atoms with Crippen LogP contribution in [0.2, 0.25) is 5.02 Å². The largest absolute Gasteiger partial charge is 0.356 e. The lowest BCUT2D eigenvalue weighted by Crippen LogP contribution is -2.31. The second-order valence-electron chi connectivity index (χ2n) is 4.64. The van der Waals surface area contributed by atoms with Gasteiger partial charge in [-0.1, -0.05) is 23.7 Å². The molecule has 0 bridgehead atoms. The van der Waals surface area contributed by atoms with Gasteiger partial charge < -0.3 is 10.6 Å². The summed E-state index contributed by atoms with van der Waals surface area (Å²) in [5.41, 5.74) is 2.91. The number of aryl methyl sites for hydroxylation is 2. The Morgan fingerprint density at radius 1 is 1.40 bits per heavy atom. The molecule has 0 saturated carbocycles. The van der Waals surface area contributed by atoms with E-state index in [1.807, 2.05) is 51.4 Å². The second-order valence-corrected chi connectivity index (χ2v) is 5.46. The molecule has 0 amide bonds. The molecular weight excluding hydrogens is 292 g/mol. The molecule has 1 aromatic carbocycles. The highest BCUT2D eigenvalue weighted by Gasteiger charge is 2.13. The van der Waals surface area contributed by atoms with E-state index in [1.165, 1.54) is 0 Å². The van der Waals surface area contributed by atoms with E-state index in [0.717, 1.165) is 16.9 Å². The standard InChI is InChI=1S/C14H17ClN4S/c1-9(11-8-19(3)18-10(11)2)16-14(20)17-13-7-5-4-6-12(13)15/h4-9H,1-3H3,(H2,16,17,20). The maximum atomic E-state index is 6.09. The first-order valence-electron chi connectivity index (χ1n) is 6.29. The smallest absolute Gasteiger partial charge is 0.171 e. The summed E-state index contributed by atoms with van der Waals surface area (Å²) in [6, 6.07) is 7.57. The average molecular weight is 309 g/mol. The molecule has 1 atom stereocenters. The molecule has 1 aromatic heterocycles. The van der Waals surface area contributed by atoms with Crippen LogP contribution in [0.5, 0.6) is 0 Å². The van der Waals surface area contributed by atoms with Gasteiger partial charge in [0.2, 0.25) is 0 Å². The van der Waals surface area contributed by atoms with Crippen molar-refractivity contribution in [2.75, 3.05) is 5.32 Å². The van der Waals surface area contributed by atoms with E-state index in [-0.39, 0.29) is 6.04 Å². The summed E-state index contributed by atoms with van der Waals surface area (Å²) in [5.74, 6) is 0. The lowest BCUT2D eigenvalue weighted by atomic mass is 10.1. The molecule has 2 N–H and O–H groups in total. The molecule has 106 valence electrons. The molecule has 4 nitrogen and oxygen atoms in total. The van der Waals surface area contributed by atoms with E-state index in [2.05, 4.69) is 15.7 Å². The van der Waals surface area contributed by atoms with Crippen molar-refractivity contribution in [1.82, 2.24) is 15.1 Å². The van der Waals surface area contributed by atoms with E-state index >= 15 is 0 Å². The number of benzene rings is 1. The van der Waals surface area contributed by atoms with Crippen LogP contribution >= 0.6 is 23.8 Å². The highest BCUT2D eigenvalue weighted by atomic mass is 35.5. The molecule has 0 spiro atoms. The van der Waals surface area contributed by atoms with Gasteiger partial charge in [-0.2, -0.15) is 5.10 Å². The first-order valence-corrected chi connectivity index (χ1v) is 7.08. The van der Waals surface area contributed by atoms with Crippen molar-refractivity contribution in [3.05, 3.63) is 46.7 Å². The Balaban J connectivity index is 2.01. The lowest BCUT2D eigenvalue weighted by molar-refractivity contribution is 0.715. The number of thiocarbonyl (C=S) groups is 1. The monoisotopic (exact) mass is 308 g/mol. The van der Waals surface area contributed by atoms with Gasteiger partial charge in [0.1, 0.15) is 0 Å². The molecule has 0 aliphatic carbocycles. The Morgan fingerprint density at radius 2 is 2.10 bits per heavy atom. The lowest BCUT2D eigenvalue weighted by Gasteiger charge is -2.17. The number of hydrogen-bond donors (Lipinski definition) is 2. The van der Waals surface area contributed by atoms with Gasteiger partial charge in [-0.05, 0) is 38.2 Å². The molecule has 0 radical (unpaired) electrons. The maximum Gasteiger partial charge on any atom is 0.171 e. The van der Waals surface area contributed by atoms with E-state index in [4.69, 9.17) is 23.8 Å². The van der Waals surface area contributed by atoms with Crippen molar-refractivity contribution in [2.24, 2.45) is 7.05 Å². The molecular formula is C14H17ClN4S. The second kappa shape index (κ2) is 6.24. The molecule has 2 aromatic rings. The zero-order chi connectivity index (χ0) is 14.7. The Labute approximate surface area is 129 Å². The summed E-state index contributed by atoms with van der Waals surface area (Å²) in [4.78, 5) is 0. The van der Waals surface area contributed by atoms with Gasteiger partial charge in [0, 0.05) is 18.8 Å².